The van der Waals surface area contributed by atoms with Gasteiger partial charge in [0.1, 0.15) is 6.54 Å². The van der Waals surface area contributed by atoms with Gasteiger partial charge < -0.3 is 15.3 Å². The van der Waals surface area contributed by atoms with E-state index in [4.69, 9.17) is 5.11 Å². The molecule has 0 fully saturated rings. The van der Waals surface area contributed by atoms with Crippen LogP contribution < -0.4 is 10.2 Å². The van der Waals surface area contributed by atoms with Gasteiger partial charge in [-0.3, -0.25) is 0 Å². The fourth-order valence-corrected chi connectivity index (χ4v) is 2.05. The Morgan fingerprint density at radius 3 is 2.55 bits per heavy atom. The molecule has 0 heterocycles. The molecule has 2 N–H and O–H groups in total. The highest BCUT2D eigenvalue weighted by Gasteiger charge is 2.31. The lowest BCUT2D eigenvalue weighted by Crippen LogP contribution is -2.37. The van der Waals surface area contributed by atoms with E-state index in [1.807, 2.05) is 19.9 Å². The number of anilines is 1. The maximum absolute atomic E-state index is 12.6. The van der Waals surface area contributed by atoms with Gasteiger partial charge in [0.05, 0.1) is 6.61 Å². The molecule has 6 heteroatoms. The van der Waals surface area contributed by atoms with E-state index in [0.29, 0.717) is 12.2 Å². The maximum atomic E-state index is 12.6. The number of hydrogen-bond acceptors (Lipinski definition) is 3. The Bertz CT molecular complexity index is 421. The molecular weight excluding hydrogens is 269 g/mol. The molecule has 0 aliphatic heterocycles. The Labute approximate surface area is 117 Å². The van der Waals surface area contributed by atoms with Crippen molar-refractivity contribution in [2.24, 2.45) is 0 Å². The Kier molecular flexibility index (Phi) is 6.29. The average Bonchev–Trinajstić information content (AvgIpc) is 2.34. The molecule has 0 aliphatic rings. The van der Waals surface area contributed by atoms with E-state index >= 15 is 0 Å². The number of aryl methyl sites for hydroxylation is 1. The summed E-state index contributed by atoms with van der Waals surface area (Å²) in [5.41, 5.74) is 2.32. The minimum absolute atomic E-state index is 0.0400. The fourth-order valence-electron chi connectivity index (χ4n) is 2.05. The molecule has 0 spiro atoms. The molecule has 1 aromatic carbocycles. The van der Waals surface area contributed by atoms with Crippen molar-refractivity contribution in [2.75, 3.05) is 31.1 Å². The van der Waals surface area contributed by atoms with Crippen LogP contribution in [-0.4, -0.2) is 37.5 Å². The van der Waals surface area contributed by atoms with Crippen molar-refractivity contribution >= 4 is 5.69 Å². The Morgan fingerprint density at radius 2 is 2.00 bits per heavy atom. The predicted octanol–water partition coefficient (Wildman–Crippen LogP) is 2.47. The summed E-state index contributed by atoms with van der Waals surface area (Å²) in [5, 5.41) is 12.1. The Morgan fingerprint density at radius 1 is 1.30 bits per heavy atom. The molecule has 0 saturated carbocycles. The van der Waals surface area contributed by atoms with E-state index in [1.165, 1.54) is 4.90 Å². The molecule has 0 aromatic heterocycles. The first-order chi connectivity index (χ1) is 9.37. The van der Waals surface area contributed by atoms with Gasteiger partial charge in [-0.15, -0.1) is 0 Å². The largest absolute Gasteiger partial charge is 0.405 e. The lowest BCUT2D eigenvalue weighted by atomic mass is 10.1. The lowest BCUT2D eigenvalue weighted by Gasteiger charge is -2.27. The Balaban J connectivity index is 3.04. The van der Waals surface area contributed by atoms with Gasteiger partial charge in [0.25, 0.3) is 0 Å². The summed E-state index contributed by atoms with van der Waals surface area (Å²) in [5.74, 6) is 0. The Hall–Kier alpha value is -1.27. The number of rotatable bonds is 7. The highest BCUT2D eigenvalue weighted by molar-refractivity contribution is 5.55. The summed E-state index contributed by atoms with van der Waals surface area (Å²) in [6, 6.07) is 5.34. The first-order valence-electron chi connectivity index (χ1n) is 6.60. The van der Waals surface area contributed by atoms with E-state index in [9.17, 15) is 13.2 Å². The second kappa shape index (κ2) is 7.50. The van der Waals surface area contributed by atoms with Gasteiger partial charge in [-0.2, -0.15) is 13.2 Å². The number of aliphatic hydroxyl groups excluding tert-OH is 1. The molecule has 0 aliphatic carbocycles. The van der Waals surface area contributed by atoms with E-state index in [-0.39, 0.29) is 13.2 Å². The van der Waals surface area contributed by atoms with Crippen molar-refractivity contribution in [3.8, 4) is 0 Å². The normalized spacial score (nSPS) is 11.7. The zero-order chi connectivity index (χ0) is 15.2. The topological polar surface area (TPSA) is 35.5 Å². The molecule has 0 saturated heterocycles. The van der Waals surface area contributed by atoms with Gasteiger partial charge in [0, 0.05) is 18.8 Å². The number of aliphatic hydroxyl groups is 1. The number of hydrogen-bond donors (Lipinski definition) is 2. The van der Waals surface area contributed by atoms with E-state index in [1.54, 1.807) is 12.1 Å². The second-order valence-electron chi connectivity index (χ2n) is 4.67. The van der Waals surface area contributed by atoms with Gasteiger partial charge in [0.2, 0.25) is 0 Å². The van der Waals surface area contributed by atoms with Gasteiger partial charge in [-0.1, -0.05) is 24.6 Å². The van der Waals surface area contributed by atoms with E-state index in [0.717, 1.165) is 17.7 Å². The molecule has 20 heavy (non-hydrogen) atoms. The maximum Gasteiger partial charge on any atom is 0.405 e. The third-order valence-electron chi connectivity index (χ3n) is 2.88. The van der Waals surface area contributed by atoms with Crippen LogP contribution >= 0.6 is 0 Å². The minimum Gasteiger partial charge on any atom is -0.395 e. The predicted molar refractivity (Wildman–Crippen MR) is 73.9 cm³/mol. The van der Waals surface area contributed by atoms with Crippen LogP contribution in [0.25, 0.3) is 0 Å². The van der Waals surface area contributed by atoms with Crippen LogP contribution in [0.1, 0.15) is 18.1 Å². The second-order valence-corrected chi connectivity index (χ2v) is 4.67. The molecule has 3 nitrogen and oxygen atoms in total. The smallest absolute Gasteiger partial charge is 0.395 e. The van der Waals surface area contributed by atoms with Crippen molar-refractivity contribution in [1.29, 1.82) is 0 Å². The SMILES string of the molecule is CCNCc1cc(C)ccc1N(CCO)CC(F)(F)F. The number of benzene rings is 1. The first-order valence-corrected chi connectivity index (χ1v) is 6.60. The molecule has 0 amide bonds. The third-order valence-corrected chi connectivity index (χ3v) is 2.88. The quantitative estimate of drug-likeness (QED) is 0.810. The van der Waals surface area contributed by atoms with Crippen molar-refractivity contribution in [3.63, 3.8) is 0 Å². The lowest BCUT2D eigenvalue weighted by molar-refractivity contribution is -0.119. The summed E-state index contributed by atoms with van der Waals surface area (Å²) in [6.07, 6.45) is -4.30. The van der Waals surface area contributed by atoms with Crippen LogP contribution in [-0.2, 0) is 6.54 Å². The van der Waals surface area contributed by atoms with Crippen molar-refractivity contribution < 1.29 is 18.3 Å². The van der Waals surface area contributed by atoms with Gasteiger partial charge in [-0.25, -0.2) is 0 Å². The van der Waals surface area contributed by atoms with E-state index < -0.39 is 12.7 Å². The van der Waals surface area contributed by atoms with Crippen LogP contribution in [0.4, 0.5) is 18.9 Å². The molecule has 1 aromatic rings. The molecule has 0 atom stereocenters. The molecule has 114 valence electrons. The van der Waals surface area contributed by atoms with Crippen LogP contribution in [0.3, 0.4) is 0 Å². The van der Waals surface area contributed by atoms with Crippen molar-refractivity contribution in [3.05, 3.63) is 29.3 Å². The number of nitrogens with one attached hydrogen (secondary N) is 1. The van der Waals surface area contributed by atoms with Crippen LogP contribution in [0.5, 0.6) is 0 Å². The summed E-state index contributed by atoms with van der Waals surface area (Å²) in [7, 11) is 0. The minimum atomic E-state index is -4.30. The third kappa shape index (κ3) is 5.38. The van der Waals surface area contributed by atoms with Gasteiger partial charge in [0.15, 0.2) is 0 Å². The van der Waals surface area contributed by atoms with Crippen LogP contribution in [0.15, 0.2) is 18.2 Å². The van der Waals surface area contributed by atoms with E-state index in [2.05, 4.69) is 5.32 Å². The highest BCUT2D eigenvalue weighted by atomic mass is 19.4. The monoisotopic (exact) mass is 290 g/mol. The average molecular weight is 290 g/mol. The highest BCUT2D eigenvalue weighted by Crippen LogP contribution is 2.26. The first kappa shape index (κ1) is 16.8. The van der Waals surface area contributed by atoms with Crippen LogP contribution in [0, 0.1) is 6.92 Å². The standard InChI is InChI=1S/C14H21F3N2O/c1-3-18-9-12-8-11(2)4-5-13(12)19(6-7-20)10-14(15,16)17/h4-5,8,18,20H,3,6-7,9-10H2,1-2H3. The molecule has 0 bridgehead atoms. The van der Waals surface area contributed by atoms with Crippen molar-refractivity contribution in [2.45, 2.75) is 26.6 Å². The van der Waals surface area contributed by atoms with Crippen molar-refractivity contribution in [1.82, 2.24) is 5.32 Å². The molecule has 0 radical (unpaired) electrons. The summed E-state index contributed by atoms with van der Waals surface area (Å²) >= 11 is 0. The number of alkyl halides is 3. The van der Waals surface area contributed by atoms with Gasteiger partial charge >= 0.3 is 6.18 Å². The number of nitrogens with zero attached hydrogens (tertiary/aromatic N) is 1. The summed E-state index contributed by atoms with van der Waals surface area (Å²) in [6.45, 7) is 3.68. The van der Waals surface area contributed by atoms with Gasteiger partial charge in [-0.05, 0) is 25.1 Å². The zero-order valence-corrected chi connectivity index (χ0v) is 11.8. The zero-order valence-electron chi connectivity index (χ0n) is 11.8. The molecule has 0 unspecified atom stereocenters. The summed E-state index contributed by atoms with van der Waals surface area (Å²) in [4.78, 5) is 1.17. The fraction of sp³-hybridized carbons (Fsp3) is 0.571. The molecular formula is C14H21F3N2O. The molecule has 1 rings (SSSR count). The summed E-state index contributed by atoms with van der Waals surface area (Å²) < 4.78 is 37.9. The van der Waals surface area contributed by atoms with Crippen LogP contribution in [0.2, 0.25) is 0 Å². The number of halogens is 3.